The molecule has 0 heterocycles. The summed E-state index contributed by atoms with van der Waals surface area (Å²) >= 11 is 0. The van der Waals surface area contributed by atoms with Crippen molar-refractivity contribution >= 4 is 0 Å². The van der Waals surface area contributed by atoms with E-state index in [1.807, 2.05) is 0 Å². The number of hydrogen-bond acceptors (Lipinski definition) is 3. The third-order valence-corrected chi connectivity index (χ3v) is 6.48. The van der Waals surface area contributed by atoms with Crippen LogP contribution in [-0.4, -0.2) is 17.0 Å². The fourth-order valence-corrected chi connectivity index (χ4v) is 5.10. The van der Waals surface area contributed by atoms with Crippen molar-refractivity contribution in [2.75, 3.05) is 0 Å². The van der Waals surface area contributed by atoms with Crippen LogP contribution in [0.2, 0.25) is 0 Å². The number of nitriles is 1. The highest BCUT2D eigenvalue weighted by Gasteiger charge is 2.56. The summed E-state index contributed by atoms with van der Waals surface area (Å²) < 4.78 is 6.34. The third kappa shape index (κ3) is 3.59. The highest BCUT2D eigenvalue weighted by Crippen LogP contribution is 2.56. The van der Waals surface area contributed by atoms with E-state index in [1.165, 1.54) is 0 Å². The molecule has 2 rings (SSSR count). The van der Waals surface area contributed by atoms with Crippen LogP contribution in [0.1, 0.15) is 74.1 Å². The molecule has 1 N–H and O–H groups in total. The van der Waals surface area contributed by atoms with Crippen LogP contribution in [-0.2, 0) is 4.74 Å². The van der Waals surface area contributed by atoms with Crippen LogP contribution in [0.15, 0.2) is 0 Å². The number of aliphatic hydroxyl groups excluding tert-OH is 1. The second-order valence-corrected chi connectivity index (χ2v) is 10.1. The second kappa shape index (κ2) is 6.05. The van der Waals surface area contributed by atoms with Gasteiger partial charge in [-0.25, -0.2) is 0 Å². The first-order chi connectivity index (χ1) is 10.4. The van der Waals surface area contributed by atoms with E-state index >= 15 is 0 Å². The summed E-state index contributed by atoms with van der Waals surface area (Å²) in [6.07, 6.45) is 3.20. The largest absolute Gasteiger partial charge is 0.367 e. The Kier molecular flexibility index (Phi) is 4.93. The average Bonchev–Trinajstić information content (AvgIpc) is 2.92. The van der Waals surface area contributed by atoms with Gasteiger partial charge >= 0.3 is 0 Å². The van der Waals surface area contributed by atoms with E-state index in [1.54, 1.807) is 0 Å². The predicted octanol–water partition coefficient (Wildman–Crippen LogP) is 4.75. The van der Waals surface area contributed by atoms with Crippen molar-refractivity contribution in [3.8, 4) is 6.07 Å². The van der Waals surface area contributed by atoms with Crippen molar-refractivity contribution in [2.45, 2.75) is 86.0 Å². The molecule has 0 amide bonds. The van der Waals surface area contributed by atoms with E-state index in [0.717, 1.165) is 25.7 Å². The first-order valence-corrected chi connectivity index (χ1v) is 9.17. The quantitative estimate of drug-likeness (QED) is 0.744. The first-order valence-electron chi connectivity index (χ1n) is 9.17. The molecule has 0 aliphatic heterocycles. The Balaban J connectivity index is 2.16. The fraction of sp³-hybridized carbons (Fsp3) is 0.950. The third-order valence-electron chi connectivity index (χ3n) is 6.48. The molecule has 3 nitrogen and oxygen atoms in total. The van der Waals surface area contributed by atoms with Crippen LogP contribution in [0, 0.1) is 45.8 Å². The van der Waals surface area contributed by atoms with E-state index < -0.39 is 6.29 Å². The van der Waals surface area contributed by atoms with Crippen LogP contribution in [0.25, 0.3) is 0 Å². The Bertz CT molecular complexity index is 475. The molecule has 0 spiro atoms. The Morgan fingerprint density at radius 1 is 1.26 bits per heavy atom. The van der Waals surface area contributed by atoms with Gasteiger partial charge in [0.05, 0.1) is 17.6 Å². The summed E-state index contributed by atoms with van der Waals surface area (Å²) in [5, 5.41) is 20.4. The first kappa shape index (κ1) is 18.7. The molecule has 2 fully saturated rings. The number of rotatable bonds is 5. The van der Waals surface area contributed by atoms with Crippen LogP contribution in [0.5, 0.6) is 0 Å². The molecule has 2 saturated carbocycles. The highest BCUT2D eigenvalue weighted by atomic mass is 16.6. The highest BCUT2D eigenvalue weighted by molar-refractivity contribution is 5.10. The molecule has 0 radical (unpaired) electrons. The van der Waals surface area contributed by atoms with Gasteiger partial charge in [-0.2, -0.15) is 5.26 Å². The number of ether oxygens (including phenoxy) is 1. The second-order valence-electron chi connectivity index (χ2n) is 10.1. The van der Waals surface area contributed by atoms with Gasteiger partial charge in [-0.3, -0.25) is 0 Å². The summed E-state index contributed by atoms with van der Waals surface area (Å²) in [4.78, 5) is 0. The maximum atomic E-state index is 11.0. The summed E-state index contributed by atoms with van der Waals surface area (Å²) in [6, 6.07) is 2.46. The molecule has 0 aromatic heterocycles. The maximum Gasteiger partial charge on any atom is 0.160 e. The summed E-state index contributed by atoms with van der Waals surface area (Å²) in [5.74, 6) is 1.29. The topological polar surface area (TPSA) is 53.2 Å². The Morgan fingerprint density at radius 3 is 2.30 bits per heavy atom. The molecule has 0 saturated heterocycles. The van der Waals surface area contributed by atoms with Crippen molar-refractivity contribution in [1.82, 2.24) is 0 Å². The number of aliphatic hydroxyl groups is 1. The number of hydrogen-bond donors (Lipinski definition) is 1. The van der Waals surface area contributed by atoms with Crippen LogP contribution in [0.4, 0.5) is 0 Å². The minimum Gasteiger partial charge on any atom is -0.367 e. The molecule has 2 aliphatic carbocycles. The molecule has 6 unspecified atom stereocenters. The van der Waals surface area contributed by atoms with Crippen molar-refractivity contribution < 1.29 is 9.84 Å². The molecule has 132 valence electrons. The van der Waals surface area contributed by atoms with Crippen LogP contribution < -0.4 is 0 Å². The molecular formula is C20H35NO2. The van der Waals surface area contributed by atoms with Gasteiger partial charge in [0.1, 0.15) is 0 Å². The summed E-state index contributed by atoms with van der Waals surface area (Å²) in [7, 11) is 0. The predicted molar refractivity (Wildman–Crippen MR) is 92.4 cm³/mol. The van der Waals surface area contributed by atoms with Gasteiger partial charge in [-0.05, 0) is 49.9 Å². The SMILES string of the molecule is CC(C)C(C)(CC(C)(C)C)C(O)OC1(C)CC2CC(C#N)C1C2. The monoisotopic (exact) mass is 321 g/mol. The van der Waals surface area contributed by atoms with E-state index in [-0.39, 0.29) is 28.3 Å². The number of fused-ring (bicyclic) bond motifs is 2. The van der Waals surface area contributed by atoms with E-state index in [2.05, 4.69) is 54.5 Å². The van der Waals surface area contributed by atoms with Crippen molar-refractivity contribution in [2.24, 2.45) is 34.5 Å². The van der Waals surface area contributed by atoms with E-state index in [4.69, 9.17) is 4.74 Å². The van der Waals surface area contributed by atoms with E-state index in [9.17, 15) is 10.4 Å². The molecule has 0 aromatic rings. The lowest BCUT2D eigenvalue weighted by Gasteiger charge is -2.47. The molecule has 3 heteroatoms. The minimum atomic E-state index is -0.787. The lowest BCUT2D eigenvalue weighted by molar-refractivity contribution is -0.259. The Morgan fingerprint density at radius 2 is 1.87 bits per heavy atom. The standard InChI is InChI=1S/C20H35NO2/c1-13(2)19(6,12-18(3,4)5)17(22)23-20(7)10-14-8-15(11-21)16(20)9-14/h13-17,22H,8-10,12H2,1-7H3. The zero-order valence-electron chi connectivity index (χ0n) is 16.0. The lowest BCUT2D eigenvalue weighted by atomic mass is 9.68. The zero-order valence-corrected chi connectivity index (χ0v) is 16.0. The molecule has 2 aliphatic rings. The van der Waals surface area contributed by atoms with Crippen molar-refractivity contribution in [1.29, 1.82) is 5.26 Å². The molecule has 23 heavy (non-hydrogen) atoms. The van der Waals surface area contributed by atoms with Gasteiger partial charge < -0.3 is 9.84 Å². The minimum absolute atomic E-state index is 0.0962. The summed E-state index contributed by atoms with van der Waals surface area (Å²) in [6.45, 7) is 15.2. The van der Waals surface area contributed by atoms with Gasteiger partial charge in [-0.15, -0.1) is 0 Å². The van der Waals surface area contributed by atoms with Crippen LogP contribution in [0.3, 0.4) is 0 Å². The van der Waals surface area contributed by atoms with E-state index in [0.29, 0.717) is 11.8 Å². The van der Waals surface area contributed by atoms with Gasteiger partial charge in [0, 0.05) is 11.3 Å². The van der Waals surface area contributed by atoms with Crippen LogP contribution >= 0.6 is 0 Å². The Hall–Kier alpha value is -0.590. The van der Waals surface area contributed by atoms with Crippen molar-refractivity contribution in [3.05, 3.63) is 0 Å². The van der Waals surface area contributed by atoms with Gasteiger partial charge in [-0.1, -0.05) is 41.5 Å². The fourth-order valence-electron chi connectivity index (χ4n) is 5.10. The van der Waals surface area contributed by atoms with Gasteiger partial charge in [0.2, 0.25) is 0 Å². The summed E-state index contributed by atoms with van der Waals surface area (Å²) in [5.41, 5.74) is -0.504. The van der Waals surface area contributed by atoms with Gasteiger partial charge in [0.15, 0.2) is 6.29 Å². The van der Waals surface area contributed by atoms with Crippen molar-refractivity contribution in [3.63, 3.8) is 0 Å². The molecular weight excluding hydrogens is 286 g/mol. The van der Waals surface area contributed by atoms with Gasteiger partial charge in [0.25, 0.3) is 0 Å². The average molecular weight is 322 g/mol. The molecule has 6 atom stereocenters. The Labute approximate surface area is 142 Å². The smallest absolute Gasteiger partial charge is 0.160 e. The molecule has 2 bridgehead atoms. The molecule has 0 aromatic carbocycles. The normalized spacial score (nSPS) is 37.7. The lowest BCUT2D eigenvalue weighted by Crippen LogP contribution is -2.49. The maximum absolute atomic E-state index is 11.0. The number of nitrogens with zero attached hydrogens (tertiary/aromatic N) is 1. The zero-order chi connectivity index (χ0) is 17.6.